The minimum Gasteiger partial charge on any atom is -0.444 e. The second kappa shape index (κ2) is 7.72. The fraction of sp³-hybridized carbons (Fsp3) is 0.625. The molecule has 2 atom stereocenters. The summed E-state index contributed by atoms with van der Waals surface area (Å²) in [5, 5.41) is 2.88. The number of rotatable bonds is 4. The number of nitrogens with zero attached hydrogens (tertiary/aromatic N) is 1. The maximum Gasteiger partial charge on any atom is 0.410 e. The number of hydrogen-bond donors (Lipinski definition) is 1. The average Bonchev–Trinajstić information content (AvgIpc) is 3.09. The molecule has 2 amide bonds. The molecule has 134 valence electrons. The number of carbonyl (C=O) groups excluding carboxylic acids is 2. The van der Waals surface area contributed by atoms with Gasteiger partial charge in [-0.25, -0.2) is 4.79 Å². The minimum atomic E-state index is -0.537. The lowest BCUT2D eigenvalue weighted by Gasteiger charge is -2.24. The van der Waals surface area contributed by atoms with Crippen molar-refractivity contribution in [2.75, 3.05) is 26.7 Å². The molecule has 8 heteroatoms. The molecule has 1 N–H and O–H groups in total. The summed E-state index contributed by atoms with van der Waals surface area (Å²) in [6.45, 7) is 6.86. The largest absolute Gasteiger partial charge is 0.444 e. The summed E-state index contributed by atoms with van der Waals surface area (Å²) in [5.74, 6) is -0.153. The van der Waals surface area contributed by atoms with Crippen molar-refractivity contribution < 1.29 is 19.1 Å². The zero-order valence-electron chi connectivity index (χ0n) is 14.3. The average molecular weight is 375 g/mol. The number of amides is 2. The normalized spacial score (nSPS) is 21.0. The van der Waals surface area contributed by atoms with Crippen molar-refractivity contribution in [2.24, 2.45) is 5.92 Å². The van der Waals surface area contributed by atoms with Crippen LogP contribution >= 0.6 is 22.9 Å². The van der Waals surface area contributed by atoms with Gasteiger partial charge >= 0.3 is 6.09 Å². The maximum atomic E-state index is 12.2. The molecule has 0 unspecified atom stereocenters. The van der Waals surface area contributed by atoms with Gasteiger partial charge in [-0.2, -0.15) is 0 Å². The summed E-state index contributed by atoms with van der Waals surface area (Å²) in [6, 6.07) is 3.39. The summed E-state index contributed by atoms with van der Waals surface area (Å²) >= 11 is 7.08. The highest BCUT2D eigenvalue weighted by molar-refractivity contribution is 7.17. The number of thiophene rings is 1. The van der Waals surface area contributed by atoms with Crippen LogP contribution in [0.15, 0.2) is 12.1 Å². The zero-order valence-corrected chi connectivity index (χ0v) is 15.9. The van der Waals surface area contributed by atoms with Gasteiger partial charge in [0.15, 0.2) is 0 Å². The fourth-order valence-electron chi connectivity index (χ4n) is 2.53. The third-order valence-electron chi connectivity index (χ3n) is 3.66. The molecule has 1 aliphatic rings. The molecule has 6 nitrogen and oxygen atoms in total. The highest BCUT2D eigenvalue weighted by Crippen LogP contribution is 2.23. The Bertz CT molecular complexity index is 599. The van der Waals surface area contributed by atoms with Crippen LogP contribution in [-0.2, 0) is 9.47 Å². The molecule has 0 aliphatic carbocycles. The molecular formula is C16H23ClN2O4S. The molecule has 0 saturated carbocycles. The predicted molar refractivity (Wildman–Crippen MR) is 93.8 cm³/mol. The number of hydrogen-bond acceptors (Lipinski definition) is 5. The smallest absolute Gasteiger partial charge is 0.410 e. The monoisotopic (exact) mass is 374 g/mol. The molecular weight excluding hydrogens is 352 g/mol. The number of ether oxygens (including phenoxy) is 2. The summed E-state index contributed by atoms with van der Waals surface area (Å²) in [5.41, 5.74) is -0.537. The summed E-state index contributed by atoms with van der Waals surface area (Å²) in [4.78, 5) is 26.5. The second-order valence-electron chi connectivity index (χ2n) is 6.73. The minimum absolute atomic E-state index is 0.0157. The van der Waals surface area contributed by atoms with Crippen molar-refractivity contribution in [1.82, 2.24) is 10.2 Å². The molecule has 1 saturated heterocycles. The number of nitrogens with one attached hydrogen (secondary N) is 1. The van der Waals surface area contributed by atoms with Crippen molar-refractivity contribution in [3.05, 3.63) is 21.3 Å². The van der Waals surface area contributed by atoms with Gasteiger partial charge in [-0.05, 0) is 32.9 Å². The quantitative estimate of drug-likeness (QED) is 0.879. The Kier molecular flexibility index (Phi) is 6.11. The first-order chi connectivity index (χ1) is 11.2. The van der Waals surface area contributed by atoms with Gasteiger partial charge in [-0.15, -0.1) is 11.3 Å². The van der Waals surface area contributed by atoms with Crippen molar-refractivity contribution in [2.45, 2.75) is 32.5 Å². The molecule has 1 aromatic heterocycles. The fourth-order valence-corrected chi connectivity index (χ4v) is 3.49. The third-order valence-corrected chi connectivity index (χ3v) is 4.89. The summed E-state index contributed by atoms with van der Waals surface area (Å²) in [6.07, 6.45) is -0.492. The van der Waals surface area contributed by atoms with E-state index >= 15 is 0 Å². The van der Waals surface area contributed by atoms with E-state index in [1.54, 1.807) is 24.1 Å². The molecule has 1 aromatic rings. The Labute approximate surface area is 151 Å². The first-order valence-electron chi connectivity index (χ1n) is 7.74. The van der Waals surface area contributed by atoms with Gasteiger partial charge in [-0.1, -0.05) is 11.6 Å². The molecule has 24 heavy (non-hydrogen) atoms. The molecule has 1 fully saturated rings. The molecule has 2 heterocycles. The van der Waals surface area contributed by atoms with Gasteiger partial charge in [0.2, 0.25) is 0 Å². The van der Waals surface area contributed by atoms with Crippen LogP contribution in [-0.4, -0.2) is 55.3 Å². The molecule has 0 spiro atoms. The third kappa shape index (κ3) is 5.09. The van der Waals surface area contributed by atoms with Crippen LogP contribution < -0.4 is 5.32 Å². The van der Waals surface area contributed by atoms with E-state index in [1.165, 1.54) is 11.3 Å². The van der Waals surface area contributed by atoms with Crippen LogP contribution in [0.4, 0.5) is 4.79 Å². The van der Waals surface area contributed by atoms with E-state index in [9.17, 15) is 9.59 Å². The Morgan fingerprint density at radius 1 is 1.38 bits per heavy atom. The second-order valence-corrected chi connectivity index (χ2v) is 8.45. The molecule has 0 aromatic carbocycles. The van der Waals surface area contributed by atoms with Gasteiger partial charge in [-0.3, -0.25) is 4.79 Å². The van der Waals surface area contributed by atoms with E-state index in [0.717, 1.165) is 0 Å². The number of methoxy groups -OCH3 is 1. The highest BCUT2D eigenvalue weighted by Gasteiger charge is 2.37. The van der Waals surface area contributed by atoms with Crippen molar-refractivity contribution in [3.63, 3.8) is 0 Å². The Morgan fingerprint density at radius 2 is 2.08 bits per heavy atom. The van der Waals surface area contributed by atoms with Crippen LogP contribution in [0.25, 0.3) is 0 Å². The highest BCUT2D eigenvalue weighted by atomic mass is 35.5. The first-order valence-corrected chi connectivity index (χ1v) is 8.93. The zero-order chi connectivity index (χ0) is 17.9. The van der Waals surface area contributed by atoms with Gasteiger partial charge in [0.05, 0.1) is 21.9 Å². The summed E-state index contributed by atoms with van der Waals surface area (Å²) in [7, 11) is 1.61. The van der Waals surface area contributed by atoms with E-state index in [4.69, 9.17) is 21.1 Å². The van der Waals surface area contributed by atoms with E-state index in [-0.39, 0.29) is 24.0 Å². The lowest BCUT2D eigenvalue weighted by atomic mass is 10.1. The molecule has 1 aliphatic heterocycles. The SMILES string of the molecule is CO[C@@H]1CN(C(=O)OC(C)(C)C)C[C@@H]1CNC(=O)c1ccc(Cl)s1. The Hall–Kier alpha value is -1.31. The van der Waals surface area contributed by atoms with E-state index in [0.29, 0.717) is 28.8 Å². The van der Waals surface area contributed by atoms with Gasteiger partial charge in [0.25, 0.3) is 5.91 Å². The number of halogens is 1. The molecule has 0 radical (unpaired) electrons. The van der Waals surface area contributed by atoms with E-state index < -0.39 is 5.60 Å². The van der Waals surface area contributed by atoms with Crippen molar-refractivity contribution in [3.8, 4) is 0 Å². The van der Waals surface area contributed by atoms with E-state index in [2.05, 4.69) is 5.32 Å². The first kappa shape index (κ1) is 19.0. The number of likely N-dealkylation sites (tertiary alicyclic amines) is 1. The Morgan fingerprint density at radius 3 is 2.62 bits per heavy atom. The van der Waals surface area contributed by atoms with E-state index in [1.807, 2.05) is 20.8 Å². The van der Waals surface area contributed by atoms with Crippen molar-refractivity contribution in [1.29, 1.82) is 0 Å². The van der Waals surface area contributed by atoms with Gasteiger partial charge < -0.3 is 19.7 Å². The van der Waals surface area contributed by atoms with Crippen LogP contribution in [0.5, 0.6) is 0 Å². The standard InChI is InChI=1S/C16H23ClN2O4S/c1-16(2,3)23-15(21)19-8-10(11(9-19)22-4)7-18-14(20)12-5-6-13(17)24-12/h5-6,10-11H,7-9H2,1-4H3,(H,18,20)/t10-,11+/m0/s1. The predicted octanol–water partition coefficient (Wildman–Crippen LogP) is 3.01. The topological polar surface area (TPSA) is 67.9 Å². The van der Waals surface area contributed by atoms with Gasteiger partial charge in [0, 0.05) is 26.1 Å². The summed E-state index contributed by atoms with van der Waals surface area (Å²) < 4.78 is 11.4. The number of carbonyl (C=O) groups is 2. The maximum absolute atomic E-state index is 12.2. The lowest BCUT2D eigenvalue weighted by Crippen LogP contribution is -2.36. The van der Waals surface area contributed by atoms with Crippen LogP contribution in [0, 0.1) is 5.92 Å². The lowest BCUT2D eigenvalue weighted by molar-refractivity contribution is 0.0251. The van der Waals surface area contributed by atoms with Crippen LogP contribution in [0.3, 0.4) is 0 Å². The molecule has 2 rings (SSSR count). The molecule has 0 bridgehead atoms. The van der Waals surface area contributed by atoms with Gasteiger partial charge in [0.1, 0.15) is 5.60 Å². The Balaban J connectivity index is 1.90. The van der Waals surface area contributed by atoms with Crippen LogP contribution in [0.1, 0.15) is 30.4 Å². The van der Waals surface area contributed by atoms with Crippen molar-refractivity contribution >= 4 is 34.9 Å². The van der Waals surface area contributed by atoms with Crippen LogP contribution in [0.2, 0.25) is 4.34 Å².